The van der Waals surface area contributed by atoms with Gasteiger partial charge in [-0.3, -0.25) is 4.79 Å². The summed E-state index contributed by atoms with van der Waals surface area (Å²) in [6.45, 7) is 4.13. The standard InChI is InChI=1S/C15H22N2O2/c1-15(16,14(18)19-2)11-17-9-7-12-5-3-4-6-13(12)8-10-17/h3-6H,7-11,16H2,1-2H3. The molecule has 1 unspecified atom stereocenters. The van der Waals surface area contributed by atoms with Gasteiger partial charge >= 0.3 is 5.97 Å². The number of hydrogen-bond donors (Lipinski definition) is 1. The largest absolute Gasteiger partial charge is 0.468 e. The van der Waals surface area contributed by atoms with Crippen LogP contribution in [-0.4, -0.2) is 43.2 Å². The second kappa shape index (κ2) is 5.72. The second-order valence-corrected chi connectivity index (χ2v) is 5.45. The van der Waals surface area contributed by atoms with Crippen LogP contribution < -0.4 is 5.73 Å². The Labute approximate surface area is 114 Å². The molecule has 0 amide bonds. The fourth-order valence-electron chi connectivity index (χ4n) is 2.63. The van der Waals surface area contributed by atoms with E-state index in [4.69, 9.17) is 10.5 Å². The first-order chi connectivity index (χ1) is 9.03. The van der Waals surface area contributed by atoms with Gasteiger partial charge in [0.15, 0.2) is 0 Å². The van der Waals surface area contributed by atoms with Crippen LogP contribution >= 0.6 is 0 Å². The molecular weight excluding hydrogens is 240 g/mol. The molecule has 0 aromatic heterocycles. The number of carbonyl (C=O) groups is 1. The van der Waals surface area contributed by atoms with Crippen molar-refractivity contribution in [1.29, 1.82) is 0 Å². The highest BCUT2D eigenvalue weighted by atomic mass is 16.5. The van der Waals surface area contributed by atoms with Gasteiger partial charge in [0.25, 0.3) is 0 Å². The third-order valence-corrected chi connectivity index (χ3v) is 3.72. The number of methoxy groups -OCH3 is 1. The van der Waals surface area contributed by atoms with Crippen molar-refractivity contribution in [2.75, 3.05) is 26.7 Å². The SMILES string of the molecule is COC(=O)C(C)(N)CN1CCc2ccccc2CC1. The zero-order valence-electron chi connectivity index (χ0n) is 11.7. The maximum atomic E-state index is 11.6. The van der Waals surface area contributed by atoms with E-state index in [1.165, 1.54) is 18.2 Å². The molecular formula is C15H22N2O2. The van der Waals surface area contributed by atoms with Crippen molar-refractivity contribution in [2.45, 2.75) is 25.3 Å². The molecule has 0 saturated carbocycles. The quantitative estimate of drug-likeness (QED) is 0.825. The zero-order valence-corrected chi connectivity index (χ0v) is 11.7. The van der Waals surface area contributed by atoms with Crippen molar-refractivity contribution in [1.82, 2.24) is 4.90 Å². The molecule has 4 heteroatoms. The van der Waals surface area contributed by atoms with E-state index < -0.39 is 5.54 Å². The number of carbonyl (C=O) groups excluding carboxylic acids is 1. The maximum absolute atomic E-state index is 11.6. The smallest absolute Gasteiger partial charge is 0.326 e. The van der Waals surface area contributed by atoms with Crippen molar-refractivity contribution in [2.24, 2.45) is 5.73 Å². The number of fused-ring (bicyclic) bond motifs is 1. The second-order valence-electron chi connectivity index (χ2n) is 5.45. The molecule has 104 valence electrons. The number of rotatable bonds is 3. The van der Waals surface area contributed by atoms with Gasteiger partial charge in [-0.05, 0) is 30.9 Å². The number of hydrogen-bond acceptors (Lipinski definition) is 4. The van der Waals surface area contributed by atoms with Gasteiger partial charge in [0.2, 0.25) is 0 Å². The molecule has 4 nitrogen and oxygen atoms in total. The summed E-state index contributed by atoms with van der Waals surface area (Å²) in [5.41, 5.74) is 7.91. The lowest BCUT2D eigenvalue weighted by molar-refractivity contribution is -0.147. The van der Waals surface area contributed by atoms with E-state index in [9.17, 15) is 4.79 Å². The molecule has 0 aliphatic carbocycles. The summed E-state index contributed by atoms with van der Waals surface area (Å²) >= 11 is 0. The van der Waals surface area contributed by atoms with E-state index in [2.05, 4.69) is 29.2 Å². The Kier molecular flexibility index (Phi) is 4.22. The number of benzene rings is 1. The molecule has 19 heavy (non-hydrogen) atoms. The van der Waals surface area contributed by atoms with Gasteiger partial charge in [0.1, 0.15) is 5.54 Å². The van der Waals surface area contributed by atoms with Crippen LogP contribution in [0.4, 0.5) is 0 Å². The van der Waals surface area contributed by atoms with Gasteiger partial charge in [0, 0.05) is 19.6 Å². The summed E-state index contributed by atoms with van der Waals surface area (Å²) < 4.78 is 4.76. The van der Waals surface area contributed by atoms with Gasteiger partial charge in [-0.15, -0.1) is 0 Å². The molecule has 1 aliphatic heterocycles. The maximum Gasteiger partial charge on any atom is 0.326 e. The highest BCUT2D eigenvalue weighted by Crippen LogP contribution is 2.17. The Balaban J connectivity index is 2.01. The molecule has 2 rings (SSSR count). The monoisotopic (exact) mass is 262 g/mol. The Morgan fingerprint density at radius 1 is 1.32 bits per heavy atom. The summed E-state index contributed by atoms with van der Waals surface area (Å²) in [7, 11) is 1.38. The third kappa shape index (κ3) is 3.33. The van der Waals surface area contributed by atoms with Crippen LogP contribution in [0.15, 0.2) is 24.3 Å². The summed E-state index contributed by atoms with van der Waals surface area (Å²) in [6.07, 6.45) is 2.01. The van der Waals surface area contributed by atoms with Gasteiger partial charge in [0.05, 0.1) is 7.11 Å². The molecule has 2 N–H and O–H groups in total. The fraction of sp³-hybridized carbons (Fsp3) is 0.533. The van der Waals surface area contributed by atoms with E-state index in [-0.39, 0.29) is 5.97 Å². The lowest BCUT2D eigenvalue weighted by atomic mass is 10.0. The van der Waals surface area contributed by atoms with Crippen molar-refractivity contribution in [3.8, 4) is 0 Å². The van der Waals surface area contributed by atoms with E-state index in [1.54, 1.807) is 6.92 Å². The van der Waals surface area contributed by atoms with Gasteiger partial charge in [-0.1, -0.05) is 24.3 Å². The van der Waals surface area contributed by atoms with Crippen LogP contribution in [0.5, 0.6) is 0 Å². The predicted molar refractivity (Wildman–Crippen MR) is 74.9 cm³/mol. The van der Waals surface area contributed by atoms with Crippen molar-refractivity contribution >= 4 is 5.97 Å². The average Bonchev–Trinajstić information content (AvgIpc) is 2.60. The first-order valence-electron chi connectivity index (χ1n) is 6.69. The first kappa shape index (κ1) is 14.0. The normalized spacial score (nSPS) is 19.1. The van der Waals surface area contributed by atoms with E-state index in [0.717, 1.165) is 25.9 Å². The fourth-order valence-corrected chi connectivity index (χ4v) is 2.63. The molecule has 1 heterocycles. The molecule has 1 atom stereocenters. The van der Waals surface area contributed by atoms with Gasteiger partial charge in [-0.2, -0.15) is 0 Å². The minimum absolute atomic E-state index is 0.353. The van der Waals surface area contributed by atoms with Crippen molar-refractivity contribution < 1.29 is 9.53 Å². The third-order valence-electron chi connectivity index (χ3n) is 3.72. The minimum Gasteiger partial charge on any atom is -0.468 e. The lowest BCUT2D eigenvalue weighted by Crippen LogP contribution is -2.54. The Morgan fingerprint density at radius 2 is 1.84 bits per heavy atom. The van der Waals surface area contributed by atoms with Gasteiger partial charge < -0.3 is 15.4 Å². The van der Waals surface area contributed by atoms with Crippen LogP contribution in [0, 0.1) is 0 Å². The molecule has 0 saturated heterocycles. The highest BCUT2D eigenvalue weighted by Gasteiger charge is 2.32. The summed E-state index contributed by atoms with van der Waals surface area (Å²) in [4.78, 5) is 13.9. The van der Waals surface area contributed by atoms with Crippen LogP contribution in [0.3, 0.4) is 0 Å². The van der Waals surface area contributed by atoms with Crippen LogP contribution in [0.25, 0.3) is 0 Å². The Morgan fingerprint density at radius 3 is 2.32 bits per heavy atom. The summed E-state index contributed by atoms with van der Waals surface area (Å²) in [5.74, 6) is -0.353. The number of ether oxygens (including phenoxy) is 1. The topological polar surface area (TPSA) is 55.6 Å². The molecule has 1 aliphatic rings. The van der Waals surface area contributed by atoms with Crippen LogP contribution in [-0.2, 0) is 22.4 Å². The van der Waals surface area contributed by atoms with E-state index >= 15 is 0 Å². The molecule has 0 fully saturated rings. The first-order valence-corrected chi connectivity index (χ1v) is 6.69. The van der Waals surface area contributed by atoms with Crippen LogP contribution in [0.1, 0.15) is 18.1 Å². The molecule has 1 aromatic rings. The van der Waals surface area contributed by atoms with Crippen molar-refractivity contribution in [3.63, 3.8) is 0 Å². The van der Waals surface area contributed by atoms with Gasteiger partial charge in [-0.25, -0.2) is 0 Å². The highest BCUT2D eigenvalue weighted by molar-refractivity contribution is 5.80. The number of nitrogens with two attached hydrogens (primary N) is 1. The number of esters is 1. The Hall–Kier alpha value is -1.39. The molecule has 0 bridgehead atoms. The molecule has 1 aromatic carbocycles. The molecule has 0 spiro atoms. The molecule has 0 radical (unpaired) electrons. The Bertz CT molecular complexity index is 430. The van der Waals surface area contributed by atoms with E-state index in [0.29, 0.717) is 6.54 Å². The van der Waals surface area contributed by atoms with Crippen LogP contribution in [0.2, 0.25) is 0 Å². The average molecular weight is 262 g/mol. The minimum atomic E-state index is -0.939. The predicted octanol–water partition coefficient (Wildman–Crippen LogP) is 0.978. The summed E-state index contributed by atoms with van der Waals surface area (Å²) in [5, 5.41) is 0. The van der Waals surface area contributed by atoms with E-state index in [1.807, 2.05) is 0 Å². The lowest BCUT2D eigenvalue weighted by Gasteiger charge is -2.29. The zero-order chi connectivity index (χ0) is 13.9. The summed E-state index contributed by atoms with van der Waals surface area (Å²) in [6, 6.07) is 8.52. The number of nitrogens with zero attached hydrogens (tertiary/aromatic N) is 1. The van der Waals surface area contributed by atoms with Crippen molar-refractivity contribution in [3.05, 3.63) is 35.4 Å².